The number of esters is 2. The first-order valence-corrected chi connectivity index (χ1v) is 16.1. The largest absolute Gasteiger partial charge is 0.465 e. The summed E-state index contributed by atoms with van der Waals surface area (Å²) in [5, 5.41) is 0. The molecule has 5 rings (SSSR count). The predicted octanol–water partition coefficient (Wildman–Crippen LogP) is 7.85. The monoisotopic (exact) mass is 554 g/mol. The summed E-state index contributed by atoms with van der Waals surface area (Å²) in [6, 6.07) is 0. The number of hydrogen-bond acceptors (Lipinski definition) is 5. The number of carbonyl (C=O) groups excluding carboxylic acids is 3. The Balaban J connectivity index is 1.54. The molecule has 0 aromatic rings. The molecule has 0 aliphatic heterocycles. The van der Waals surface area contributed by atoms with Crippen LogP contribution in [0.5, 0.6) is 0 Å². The third kappa shape index (κ3) is 4.02. The Labute approximate surface area is 242 Å². The molecule has 0 saturated heterocycles. The van der Waals surface area contributed by atoms with Crippen molar-refractivity contribution in [3.8, 4) is 0 Å². The standard InChI is InChI=1S/C35H54O5/c1-10-19-39-29(38)32(6)16-15-31(5)17-18-34(8)23(24(31)21-32)20-25(37)28-33(7)13-12-27(40-22(2)36)30(3,4)26(33)11-14-35(28,34)9/h20,24,26-28H,10-19,21H2,1-9H3/t24-,26-,27-,28+,31+,32+,33+,34+,35+/m0/s1. The van der Waals surface area contributed by atoms with Gasteiger partial charge in [-0.2, -0.15) is 0 Å². The molecular weight excluding hydrogens is 500 g/mol. The fraction of sp³-hybridized carbons (Fsp3) is 0.857. The summed E-state index contributed by atoms with van der Waals surface area (Å²) in [4.78, 5) is 39.7. The van der Waals surface area contributed by atoms with Gasteiger partial charge in [0, 0.05) is 18.3 Å². The van der Waals surface area contributed by atoms with Crippen LogP contribution in [0.4, 0.5) is 0 Å². The van der Waals surface area contributed by atoms with Crippen molar-refractivity contribution in [2.24, 2.45) is 50.2 Å². The summed E-state index contributed by atoms with van der Waals surface area (Å²) >= 11 is 0. The molecule has 5 aliphatic rings. The van der Waals surface area contributed by atoms with E-state index >= 15 is 0 Å². The first-order chi connectivity index (χ1) is 18.5. The minimum absolute atomic E-state index is 0.0427. The highest BCUT2D eigenvalue weighted by Gasteiger charge is 2.70. The van der Waals surface area contributed by atoms with Crippen molar-refractivity contribution < 1.29 is 23.9 Å². The minimum Gasteiger partial charge on any atom is -0.465 e. The zero-order valence-electron chi connectivity index (χ0n) is 26.7. The van der Waals surface area contributed by atoms with Gasteiger partial charge >= 0.3 is 11.9 Å². The van der Waals surface area contributed by atoms with Gasteiger partial charge in [0.15, 0.2) is 5.78 Å². The van der Waals surface area contributed by atoms with Crippen LogP contribution in [0.2, 0.25) is 0 Å². The van der Waals surface area contributed by atoms with Gasteiger partial charge in [-0.25, -0.2) is 0 Å². The fourth-order valence-corrected chi connectivity index (χ4v) is 11.1. The lowest BCUT2D eigenvalue weighted by molar-refractivity contribution is -0.210. The van der Waals surface area contributed by atoms with Crippen LogP contribution in [-0.4, -0.2) is 30.4 Å². The molecule has 0 aromatic carbocycles. The topological polar surface area (TPSA) is 69.7 Å². The van der Waals surface area contributed by atoms with Crippen molar-refractivity contribution in [1.82, 2.24) is 0 Å². The maximum absolute atomic E-state index is 14.5. The molecule has 0 bridgehead atoms. The van der Waals surface area contributed by atoms with E-state index in [2.05, 4.69) is 54.5 Å². The van der Waals surface area contributed by atoms with Gasteiger partial charge in [0.05, 0.1) is 12.0 Å². The van der Waals surface area contributed by atoms with Gasteiger partial charge in [-0.1, -0.05) is 54.0 Å². The number of allylic oxidation sites excluding steroid dienone is 2. The Morgan fingerprint density at radius 1 is 0.925 bits per heavy atom. The lowest BCUT2D eigenvalue weighted by Crippen LogP contribution is -2.66. The van der Waals surface area contributed by atoms with Gasteiger partial charge in [0.2, 0.25) is 0 Å². The number of ether oxygens (including phenoxy) is 2. The normalized spacial score (nSPS) is 47.5. The van der Waals surface area contributed by atoms with Gasteiger partial charge in [-0.15, -0.1) is 0 Å². The van der Waals surface area contributed by atoms with Crippen LogP contribution >= 0.6 is 0 Å². The molecule has 0 unspecified atom stereocenters. The molecule has 5 nitrogen and oxygen atoms in total. The number of ketones is 1. The summed E-state index contributed by atoms with van der Waals surface area (Å²) < 4.78 is 11.6. The smallest absolute Gasteiger partial charge is 0.311 e. The van der Waals surface area contributed by atoms with Gasteiger partial charge in [-0.3, -0.25) is 14.4 Å². The molecule has 0 N–H and O–H groups in total. The van der Waals surface area contributed by atoms with Crippen molar-refractivity contribution in [1.29, 1.82) is 0 Å². The summed E-state index contributed by atoms with van der Waals surface area (Å²) in [5.74, 6) is 0.532. The van der Waals surface area contributed by atoms with E-state index in [-0.39, 0.29) is 57.0 Å². The zero-order valence-corrected chi connectivity index (χ0v) is 26.7. The van der Waals surface area contributed by atoms with Crippen LogP contribution in [0, 0.1) is 50.2 Å². The summed E-state index contributed by atoms with van der Waals surface area (Å²) in [6.07, 6.45) is 11.5. The van der Waals surface area contributed by atoms with E-state index in [1.165, 1.54) is 12.5 Å². The fourth-order valence-electron chi connectivity index (χ4n) is 11.1. The maximum atomic E-state index is 14.5. The Hall–Kier alpha value is -1.65. The Bertz CT molecular complexity index is 1120. The Kier molecular flexibility index (Phi) is 7.03. The third-order valence-corrected chi connectivity index (χ3v) is 13.8. The SMILES string of the molecule is CCCOC(=O)[C@]1(C)CC[C@]2(C)CC[C@]3(C)C(=CC(=O)[C@@H]4[C@]5(C)CC[C@H](OC(C)=O)C(C)(C)[C@@H]5CC[C@]43C)[C@@H]2C1. The molecule has 5 heteroatoms. The second kappa shape index (κ2) is 9.43. The lowest BCUT2D eigenvalue weighted by atomic mass is 9.33. The Morgan fingerprint density at radius 2 is 1.60 bits per heavy atom. The van der Waals surface area contributed by atoms with Crippen molar-refractivity contribution in [3.63, 3.8) is 0 Å². The molecule has 0 heterocycles. The highest BCUT2D eigenvalue weighted by Crippen LogP contribution is 2.75. The highest BCUT2D eigenvalue weighted by atomic mass is 16.5. The number of hydrogen-bond donors (Lipinski definition) is 0. The molecule has 224 valence electrons. The van der Waals surface area contributed by atoms with Crippen LogP contribution in [-0.2, 0) is 23.9 Å². The molecule has 4 fully saturated rings. The van der Waals surface area contributed by atoms with E-state index in [0.717, 1.165) is 64.2 Å². The lowest BCUT2D eigenvalue weighted by Gasteiger charge is -2.70. The van der Waals surface area contributed by atoms with E-state index in [9.17, 15) is 14.4 Å². The molecule has 4 saturated carbocycles. The Morgan fingerprint density at radius 3 is 2.25 bits per heavy atom. The number of fused-ring (bicyclic) bond motifs is 7. The minimum atomic E-state index is -0.498. The van der Waals surface area contributed by atoms with Crippen molar-refractivity contribution in [2.75, 3.05) is 6.61 Å². The van der Waals surface area contributed by atoms with Crippen LogP contribution in [0.3, 0.4) is 0 Å². The summed E-state index contributed by atoms with van der Waals surface area (Å²) in [6.45, 7) is 20.3. The summed E-state index contributed by atoms with van der Waals surface area (Å²) in [5.41, 5.74) is 0.413. The number of carbonyl (C=O) groups is 3. The van der Waals surface area contributed by atoms with E-state index < -0.39 is 5.41 Å². The summed E-state index contributed by atoms with van der Waals surface area (Å²) in [7, 11) is 0. The molecule has 40 heavy (non-hydrogen) atoms. The molecule has 0 amide bonds. The van der Waals surface area contributed by atoms with E-state index in [1.807, 2.05) is 6.92 Å². The molecular formula is C35H54O5. The van der Waals surface area contributed by atoms with Crippen LogP contribution in [0.25, 0.3) is 0 Å². The molecule has 0 radical (unpaired) electrons. The maximum Gasteiger partial charge on any atom is 0.311 e. The second-order valence-corrected chi connectivity index (χ2v) is 16.3. The van der Waals surface area contributed by atoms with Gasteiger partial charge in [-0.05, 0) is 111 Å². The van der Waals surface area contributed by atoms with E-state index in [0.29, 0.717) is 18.3 Å². The molecule has 0 spiro atoms. The van der Waals surface area contributed by atoms with Crippen molar-refractivity contribution in [3.05, 3.63) is 11.6 Å². The average Bonchev–Trinajstić information content (AvgIpc) is 2.86. The van der Waals surface area contributed by atoms with E-state index in [4.69, 9.17) is 9.47 Å². The first kappa shape index (κ1) is 29.8. The van der Waals surface area contributed by atoms with Gasteiger partial charge in [0.1, 0.15) is 6.10 Å². The predicted molar refractivity (Wildman–Crippen MR) is 156 cm³/mol. The zero-order chi connectivity index (χ0) is 29.5. The third-order valence-electron chi connectivity index (χ3n) is 13.8. The van der Waals surface area contributed by atoms with E-state index in [1.54, 1.807) is 0 Å². The van der Waals surface area contributed by atoms with Gasteiger partial charge < -0.3 is 9.47 Å². The molecule has 5 aliphatic carbocycles. The first-order valence-electron chi connectivity index (χ1n) is 16.1. The second-order valence-electron chi connectivity index (χ2n) is 16.3. The molecule has 9 atom stereocenters. The van der Waals surface area contributed by atoms with Crippen LogP contribution in [0.1, 0.15) is 127 Å². The van der Waals surface area contributed by atoms with Gasteiger partial charge in [0.25, 0.3) is 0 Å². The highest BCUT2D eigenvalue weighted by molar-refractivity contribution is 5.95. The molecule has 0 aromatic heterocycles. The quantitative estimate of drug-likeness (QED) is 0.331. The number of rotatable bonds is 4. The van der Waals surface area contributed by atoms with Crippen molar-refractivity contribution in [2.45, 2.75) is 133 Å². The van der Waals surface area contributed by atoms with Crippen LogP contribution in [0.15, 0.2) is 11.6 Å². The average molecular weight is 555 g/mol. The van der Waals surface area contributed by atoms with Crippen LogP contribution < -0.4 is 0 Å². The van der Waals surface area contributed by atoms with Crippen molar-refractivity contribution >= 4 is 17.7 Å².